The van der Waals surface area contributed by atoms with Gasteiger partial charge in [-0.05, 0) is 66.5 Å². The summed E-state index contributed by atoms with van der Waals surface area (Å²) >= 11 is 0. The molecule has 0 atom stereocenters. The highest BCUT2D eigenvalue weighted by atomic mass is 32.2. The van der Waals surface area contributed by atoms with Crippen molar-refractivity contribution in [2.24, 2.45) is 5.92 Å². The number of aryl methyl sites for hydroxylation is 1. The highest BCUT2D eigenvalue weighted by molar-refractivity contribution is 7.89. The molecule has 138 valence electrons. The first-order valence-corrected chi connectivity index (χ1v) is 11.1. The summed E-state index contributed by atoms with van der Waals surface area (Å²) in [6.07, 6.45) is 9.19. The molecule has 26 heavy (non-hydrogen) atoms. The lowest BCUT2D eigenvalue weighted by Gasteiger charge is -2.35. The van der Waals surface area contributed by atoms with E-state index in [1.165, 1.54) is 48.8 Å². The third-order valence-electron chi connectivity index (χ3n) is 6.04. The Morgan fingerprint density at radius 1 is 1.04 bits per heavy atom. The van der Waals surface area contributed by atoms with Crippen molar-refractivity contribution in [3.63, 3.8) is 0 Å². The molecule has 3 nitrogen and oxygen atoms in total. The van der Waals surface area contributed by atoms with E-state index in [0.717, 1.165) is 17.6 Å². The van der Waals surface area contributed by atoms with Crippen molar-refractivity contribution in [1.82, 2.24) is 4.31 Å². The van der Waals surface area contributed by atoms with E-state index in [0.29, 0.717) is 23.9 Å². The van der Waals surface area contributed by atoms with Gasteiger partial charge in [-0.25, -0.2) is 8.42 Å². The fraction of sp³-hybridized carbons (Fsp3) is 0.455. The maximum Gasteiger partial charge on any atom is 0.243 e. The van der Waals surface area contributed by atoms with Gasteiger partial charge < -0.3 is 0 Å². The summed E-state index contributed by atoms with van der Waals surface area (Å²) in [7, 11) is -3.48. The average molecular weight is 370 g/mol. The zero-order valence-corrected chi connectivity index (χ0v) is 16.3. The van der Waals surface area contributed by atoms with Gasteiger partial charge in [0, 0.05) is 13.1 Å². The lowest BCUT2D eigenvalue weighted by molar-refractivity contribution is 0.364. The maximum atomic E-state index is 13.3. The largest absolute Gasteiger partial charge is 0.243 e. The summed E-state index contributed by atoms with van der Waals surface area (Å²) in [6.45, 7) is 7.23. The van der Waals surface area contributed by atoms with Crippen LogP contribution in [0.25, 0.3) is 0 Å². The lowest BCUT2D eigenvalue weighted by Crippen LogP contribution is -2.39. The van der Waals surface area contributed by atoms with Crippen LogP contribution in [0.5, 0.6) is 0 Å². The number of hydrogen-bond donors (Lipinski definition) is 0. The monoisotopic (exact) mass is 369 g/mol. The normalized spacial score (nSPS) is 22.5. The van der Waals surface area contributed by atoms with Crippen LogP contribution in [-0.4, -0.2) is 25.8 Å². The smallest absolute Gasteiger partial charge is 0.207 e. The van der Waals surface area contributed by atoms with E-state index in [-0.39, 0.29) is 0 Å². The molecule has 0 unspecified atom stereocenters. The Hall–Kier alpha value is -1.65. The van der Waals surface area contributed by atoms with Crippen LogP contribution in [0.3, 0.4) is 0 Å². The molecular formula is C22H27NO2S. The Bertz CT molecular complexity index is 885. The second-order valence-electron chi connectivity index (χ2n) is 7.86. The minimum Gasteiger partial charge on any atom is -0.207 e. The van der Waals surface area contributed by atoms with Crippen molar-refractivity contribution < 1.29 is 8.42 Å². The van der Waals surface area contributed by atoms with E-state index in [1.807, 2.05) is 19.1 Å². The van der Waals surface area contributed by atoms with E-state index in [1.54, 1.807) is 16.4 Å². The average Bonchev–Trinajstić information content (AvgIpc) is 3.03. The highest BCUT2D eigenvalue weighted by Gasteiger charge is 2.36. The van der Waals surface area contributed by atoms with Crippen molar-refractivity contribution in [2.75, 3.05) is 13.1 Å². The number of sulfonamides is 1. The number of allylic oxidation sites excluding steroid dienone is 2. The third-order valence-corrected chi connectivity index (χ3v) is 7.85. The van der Waals surface area contributed by atoms with Crippen LogP contribution in [0.1, 0.15) is 44.1 Å². The van der Waals surface area contributed by atoms with Crippen LogP contribution in [0.4, 0.5) is 0 Å². The molecule has 0 radical (unpaired) electrons. The molecule has 1 heterocycles. The molecule has 2 aliphatic carbocycles. The summed E-state index contributed by atoms with van der Waals surface area (Å²) in [4.78, 5) is 0.395. The number of nitrogens with zero attached hydrogens (tertiary/aromatic N) is 1. The zero-order valence-electron chi connectivity index (χ0n) is 15.5. The summed E-state index contributed by atoms with van der Waals surface area (Å²) < 4.78 is 28.2. The molecule has 0 spiro atoms. The van der Waals surface area contributed by atoms with Gasteiger partial charge in [0.25, 0.3) is 0 Å². The standard InChI is InChI=1S/C22H27NO2S/c1-16-8-12-20(13-9-16)26(24,25)23-14-19-11-10-17(2)22(19)21(15-23)18-6-4-3-5-7-18/h8-9,11-13,18H,2-7,10,14-15H2,1H3. The predicted octanol–water partition coefficient (Wildman–Crippen LogP) is 4.76. The third kappa shape index (κ3) is 3.10. The second-order valence-corrected chi connectivity index (χ2v) is 9.80. The molecule has 0 N–H and O–H groups in total. The van der Waals surface area contributed by atoms with Crippen LogP contribution >= 0.6 is 0 Å². The van der Waals surface area contributed by atoms with E-state index >= 15 is 0 Å². The molecule has 0 bridgehead atoms. The van der Waals surface area contributed by atoms with E-state index in [4.69, 9.17) is 0 Å². The van der Waals surface area contributed by atoms with Crippen LogP contribution < -0.4 is 0 Å². The molecule has 1 fully saturated rings. The topological polar surface area (TPSA) is 37.4 Å². The van der Waals surface area contributed by atoms with E-state index in [2.05, 4.69) is 12.7 Å². The molecular weight excluding hydrogens is 342 g/mol. The molecule has 4 heteroatoms. The summed E-state index contributed by atoms with van der Waals surface area (Å²) in [5.41, 5.74) is 6.03. The highest BCUT2D eigenvalue weighted by Crippen LogP contribution is 2.43. The van der Waals surface area contributed by atoms with E-state index in [9.17, 15) is 8.42 Å². The molecule has 1 aromatic carbocycles. The summed E-state index contributed by atoms with van der Waals surface area (Å²) in [6, 6.07) is 7.20. The first kappa shape index (κ1) is 17.7. The quantitative estimate of drug-likeness (QED) is 0.770. The molecule has 1 aromatic rings. The van der Waals surface area contributed by atoms with Gasteiger partial charge in [0.1, 0.15) is 0 Å². The van der Waals surface area contributed by atoms with Gasteiger partial charge >= 0.3 is 0 Å². The fourth-order valence-corrected chi connectivity index (χ4v) is 5.98. The zero-order chi connectivity index (χ0) is 18.3. The second kappa shape index (κ2) is 6.82. The maximum absolute atomic E-state index is 13.3. The molecule has 3 aliphatic rings. The van der Waals surface area contributed by atoms with Crippen LogP contribution in [0, 0.1) is 12.8 Å². The minimum absolute atomic E-state index is 0.395. The predicted molar refractivity (Wildman–Crippen MR) is 105 cm³/mol. The van der Waals surface area contributed by atoms with Crippen molar-refractivity contribution >= 4 is 10.0 Å². The van der Waals surface area contributed by atoms with Gasteiger partial charge in [-0.1, -0.05) is 49.6 Å². The summed E-state index contributed by atoms with van der Waals surface area (Å²) in [5, 5.41) is 0. The Kier molecular flexibility index (Phi) is 4.66. The molecule has 1 saturated carbocycles. The Balaban J connectivity index is 1.71. The van der Waals surface area contributed by atoms with Crippen molar-refractivity contribution in [3.05, 3.63) is 64.8 Å². The first-order chi connectivity index (χ1) is 12.5. The number of benzene rings is 1. The van der Waals surface area contributed by atoms with Crippen molar-refractivity contribution in [2.45, 2.75) is 50.3 Å². The summed E-state index contributed by atoms with van der Waals surface area (Å²) in [5.74, 6) is 0.507. The molecule has 1 aliphatic heterocycles. The van der Waals surface area contributed by atoms with Gasteiger partial charge in [-0.2, -0.15) is 4.31 Å². The Labute approximate surface area is 157 Å². The van der Waals surface area contributed by atoms with Crippen molar-refractivity contribution in [1.29, 1.82) is 0 Å². The van der Waals surface area contributed by atoms with Gasteiger partial charge in [-0.15, -0.1) is 0 Å². The Morgan fingerprint density at radius 3 is 2.42 bits per heavy atom. The number of hydrogen-bond acceptors (Lipinski definition) is 2. The molecule has 4 rings (SSSR count). The number of fused-ring (bicyclic) bond motifs is 1. The van der Waals surface area contributed by atoms with Gasteiger partial charge in [-0.3, -0.25) is 0 Å². The van der Waals surface area contributed by atoms with Crippen LogP contribution in [-0.2, 0) is 10.0 Å². The molecule has 0 saturated heterocycles. The van der Waals surface area contributed by atoms with Crippen LogP contribution in [0.15, 0.2) is 64.1 Å². The lowest BCUT2D eigenvalue weighted by atomic mass is 9.79. The van der Waals surface area contributed by atoms with Gasteiger partial charge in [0.2, 0.25) is 10.0 Å². The van der Waals surface area contributed by atoms with Gasteiger partial charge in [0.15, 0.2) is 0 Å². The van der Waals surface area contributed by atoms with Crippen LogP contribution in [0.2, 0.25) is 0 Å². The van der Waals surface area contributed by atoms with E-state index < -0.39 is 10.0 Å². The first-order valence-electron chi connectivity index (χ1n) is 9.64. The van der Waals surface area contributed by atoms with Gasteiger partial charge in [0.05, 0.1) is 4.90 Å². The number of rotatable bonds is 3. The minimum atomic E-state index is -3.48. The Morgan fingerprint density at radius 2 is 1.73 bits per heavy atom. The molecule has 0 amide bonds. The molecule has 0 aromatic heterocycles. The SMILES string of the molecule is C=C1CC=C2CN(S(=O)(=O)c3ccc(C)cc3)CC(C3CCCCC3)=C12. The van der Waals surface area contributed by atoms with Crippen molar-refractivity contribution in [3.8, 4) is 0 Å². The fourth-order valence-electron chi connectivity index (χ4n) is 4.58.